The monoisotopic (exact) mass is 696 g/mol. The summed E-state index contributed by atoms with van der Waals surface area (Å²) in [6.45, 7) is 14.3. The van der Waals surface area contributed by atoms with E-state index >= 15 is 0 Å². The third-order valence-corrected chi connectivity index (χ3v) is 14.3. The summed E-state index contributed by atoms with van der Waals surface area (Å²) in [5.74, 6) is 0.213. The Morgan fingerprint density at radius 3 is 2.32 bits per heavy atom. The Hall–Kier alpha value is -1.21. The standard InChI is InChI=1S/C40H56O10/c1-19-11-24-5-7-29-20(2)12-26(43-29)9-10-40-17-34-36(49-40)37-38(48-34)39(50-40)35-30(47-37)8-6-25(45-35)13-23(41)14-28-22(4)31(15-27-18-42-27)46-33(28)16-32(44-24)21(19)3/h19,22,24-39H,2-3,5-18H2,1,4H3/t19-,22-,24?,25?,26+,27+,28-,29+,30+,31-,32-,33+,34-,35+,36+,37+,38-,39+,40+/m1/s1. The van der Waals surface area contributed by atoms with Gasteiger partial charge in [0.05, 0.1) is 67.6 Å². The molecule has 0 aliphatic carbocycles. The third-order valence-electron chi connectivity index (χ3n) is 14.3. The molecule has 10 nitrogen and oxygen atoms in total. The van der Waals surface area contributed by atoms with Gasteiger partial charge >= 0.3 is 0 Å². The molecule has 0 N–H and O–H groups in total. The maximum atomic E-state index is 14.0. The third kappa shape index (κ3) is 5.91. The number of Topliss-reactive ketones (excluding diaryl/α,β-unsaturated/α-hetero) is 1. The van der Waals surface area contributed by atoms with Gasteiger partial charge < -0.3 is 42.6 Å². The highest BCUT2D eigenvalue weighted by Gasteiger charge is 2.68. The summed E-state index contributed by atoms with van der Waals surface area (Å²) >= 11 is 0. The summed E-state index contributed by atoms with van der Waals surface area (Å²) in [4.78, 5) is 14.0. The van der Waals surface area contributed by atoms with Crippen LogP contribution < -0.4 is 0 Å². The van der Waals surface area contributed by atoms with Gasteiger partial charge in [0.15, 0.2) is 5.79 Å². The molecule has 11 heterocycles. The Morgan fingerprint density at radius 1 is 0.700 bits per heavy atom. The Balaban J connectivity index is 0.925. The molecule has 19 atom stereocenters. The number of rotatable bonds is 2. The number of ketones is 1. The van der Waals surface area contributed by atoms with Crippen LogP contribution in [0, 0.1) is 17.8 Å². The molecule has 12 bridgehead atoms. The Bertz CT molecular complexity index is 1370. The van der Waals surface area contributed by atoms with Gasteiger partial charge in [0.2, 0.25) is 0 Å². The second-order valence-electron chi connectivity index (χ2n) is 17.7. The van der Waals surface area contributed by atoms with Crippen LogP contribution in [0.2, 0.25) is 0 Å². The lowest BCUT2D eigenvalue weighted by molar-refractivity contribution is -0.292. The van der Waals surface area contributed by atoms with Gasteiger partial charge in [-0.05, 0) is 73.8 Å². The van der Waals surface area contributed by atoms with Gasteiger partial charge in [0, 0.05) is 38.5 Å². The van der Waals surface area contributed by atoms with Crippen molar-refractivity contribution in [3.8, 4) is 0 Å². The smallest absolute Gasteiger partial charge is 0.172 e. The molecule has 11 aliphatic rings. The van der Waals surface area contributed by atoms with Gasteiger partial charge in [-0.2, -0.15) is 0 Å². The quantitative estimate of drug-likeness (QED) is 0.285. The first-order valence-electron chi connectivity index (χ1n) is 20.0. The number of epoxide rings is 1. The van der Waals surface area contributed by atoms with E-state index in [0.29, 0.717) is 25.2 Å². The zero-order chi connectivity index (χ0) is 33.9. The summed E-state index contributed by atoms with van der Waals surface area (Å²) < 4.78 is 59.9. The van der Waals surface area contributed by atoms with Crippen molar-refractivity contribution in [2.45, 2.75) is 195 Å². The van der Waals surface area contributed by atoms with Crippen molar-refractivity contribution in [1.82, 2.24) is 0 Å². The molecule has 276 valence electrons. The minimum atomic E-state index is -0.743. The van der Waals surface area contributed by atoms with E-state index < -0.39 is 5.79 Å². The van der Waals surface area contributed by atoms with Crippen LogP contribution in [-0.2, 0) is 47.4 Å². The fraction of sp³-hybridized carbons (Fsp3) is 0.875. The summed E-state index contributed by atoms with van der Waals surface area (Å²) in [6, 6.07) is 0. The van der Waals surface area contributed by atoms with Gasteiger partial charge in [0.25, 0.3) is 0 Å². The summed E-state index contributed by atoms with van der Waals surface area (Å²) in [5, 5.41) is 0. The molecular weight excluding hydrogens is 640 g/mol. The van der Waals surface area contributed by atoms with Crippen molar-refractivity contribution in [2.24, 2.45) is 17.8 Å². The number of hydrogen-bond acceptors (Lipinski definition) is 10. The fourth-order valence-corrected chi connectivity index (χ4v) is 11.4. The van der Waals surface area contributed by atoms with Crippen molar-refractivity contribution >= 4 is 5.78 Å². The normalized spacial score (nSPS) is 55.9. The first-order valence-corrected chi connectivity index (χ1v) is 20.0. The lowest BCUT2D eigenvalue weighted by Gasteiger charge is -2.47. The number of ether oxygens (including phenoxy) is 9. The Labute approximate surface area is 296 Å². The molecular formula is C40H56O10. The molecule has 11 fully saturated rings. The molecule has 0 aromatic rings. The minimum Gasteiger partial charge on any atom is -0.374 e. The van der Waals surface area contributed by atoms with E-state index in [9.17, 15) is 4.79 Å². The molecule has 0 aromatic carbocycles. The molecule has 2 unspecified atom stereocenters. The van der Waals surface area contributed by atoms with Crippen LogP contribution in [-0.4, -0.2) is 110 Å². The van der Waals surface area contributed by atoms with Gasteiger partial charge in [-0.3, -0.25) is 4.79 Å². The highest BCUT2D eigenvalue weighted by molar-refractivity contribution is 5.79. The van der Waals surface area contributed by atoms with E-state index in [1.807, 2.05) is 0 Å². The average molecular weight is 697 g/mol. The molecule has 0 aromatic heterocycles. The summed E-state index contributed by atoms with van der Waals surface area (Å²) in [5.41, 5.74) is 2.32. The predicted molar refractivity (Wildman–Crippen MR) is 179 cm³/mol. The van der Waals surface area contributed by atoms with E-state index in [1.54, 1.807) is 0 Å². The SMILES string of the molecule is C=C1C[C@@H]2CC[C@@]34C[C@H]5O[C@H]6[C@@H](O3)[C@H]3OC(CC[C@@H]3O[C@H]6[C@H]5O4)CC(=O)C[C@@H]3[C@@H](C)[C@@H](C[C@H]4CO4)O[C@H]3C[C@H]3OC(CC[C@@H]1O2)C[C@@H](C)C3=C. The topological polar surface area (TPSA) is 103 Å². The second kappa shape index (κ2) is 12.7. The fourth-order valence-electron chi connectivity index (χ4n) is 11.4. The number of carbonyl (C=O) groups excluding carboxylic acids is 1. The molecule has 0 amide bonds. The second-order valence-corrected chi connectivity index (χ2v) is 17.7. The zero-order valence-corrected chi connectivity index (χ0v) is 29.8. The molecule has 0 saturated carbocycles. The number of fused-ring (bicyclic) bond motifs is 6. The van der Waals surface area contributed by atoms with Crippen LogP contribution >= 0.6 is 0 Å². The van der Waals surface area contributed by atoms with Crippen LogP contribution in [0.25, 0.3) is 0 Å². The van der Waals surface area contributed by atoms with Crippen molar-refractivity contribution in [3.05, 3.63) is 24.3 Å². The van der Waals surface area contributed by atoms with Crippen molar-refractivity contribution in [2.75, 3.05) is 6.61 Å². The predicted octanol–water partition coefficient (Wildman–Crippen LogP) is 5.14. The lowest BCUT2D eigenvalue weighted by Crippen LogP contribution is -2.61. The van der Waals surface area contributed by atoms with Crippen molar-refractivity contribution in [1.29, 1.82) is 0 Å². The molecule has 1 spiro atoms. The molecule has 10 heteroatoms. The van der Waals surface area contributed by atoms with E-state index in [2.05, 4.69) is 27.0 Å². The molecule has 11 aliphatic heterocycles. The van der Waals surface area contributed by atoms with Crippen LogP contribution in [0.1, 0.15) is 97.3 Å². The first-order chi connectivity index (χ1) is 24.2. The molecule has 11 saturated heterocycles. The Morgan fingerprint density at radius 2 is 1.46 bits per heavy atom. The first kappa shape index (κ1) is 33.4. The molecule has 0 radical (unpaired) electrons. The lowest BCUT2D eigenvalue weighted by atomic mass is 9.79. The highest BCUT2D eigenvalue weighted by atomic mass is 16.8. The number of hydrogen-bond donors (Lipinski definition) is 0. The van der Waals surface area contributed by atoms with E-state index in [1.165, 1.54) is 5.57 Å². The largest absolute Gasteiger partial charge is 0.374 e. The zero-order valence-electron chi connectivity index (χ0n) is 29.8. The van der Waals surface area contributed by atoms with E-state index in [-0.39, 0.29) is 109 Å². The van der Waals surface area contributed by atoms with Gasteiger partial charge in [-0.15, -0.1) is 0 Å². The van der Waals surface area contributed by atoms with Gasteiger partial charge in [-0.25, -0.2) is 0 Å². The maximum absolute atomic E-state index is 14.0. The molecule has 50 heavy (non-hydrogen) atoms. The number of carbonyl (C=O) groups is 1. The van der Waals surface area contributed by atoms with Crippen LogP contribution in [0.15, 0.2) is 24.3 Å². The van der Waals surface area contributed by atoms with Gasteiger partial charge in [-0.1, -0.05) is 27.0 Å². The van der Waals surface area contributed by atoms with Crippen LogP contribution in [0.3, 0.4) is 0 Å². The Kier molecular flexibility index (Phi) is 8.47. The highest BCUT2D eigenvalue weighted by Crippen LogP contribution is 2.54. The average Bonchev–Trinajstić information content (AvgIpc) is 3.58. The van der Waals surface area contributed by atoms with Gasteiger partial charge in [0.1, 0.15) is 36.3 Å². The molecule has 11 rings (SSSR count). The van der Waals surface area contributed by atoms with Crippen molar-refractivity contribution in [3.63, 3.8) is 0 Å². The van der Waals surface area contributed by atoms with Crippen LogP contribution in [0.5, 0.6) is 0 Å². The van der Waals surface area contributed by atoms with E-state index in [0.717, 1.165) is 76.4 Å². The maximum Gasteiger partial charge on any atom is 0.172 e. The van der Waals surface area contributed by atoms with E-state index in [4.69, 9.17) is 42.6 Å². The summed E-state index contributed by atoms with van der Waals surface area (Å²) in [7, 11) is 0. The minimum absolute atomic E-state index is 0.0297. The van der Waals surface area contributed by atoms with Crippen molar-refractivity contribution < 1.29 is 47.4 Å². The van der Waals surface area contributed by atoms with Crippen LogP contribution in [0.4, 0.5) is 0 Å². The summed E-state index contributed by atoms with van der Waals surface area (Å²) in [6.07, 6.45) is 9.05.